The molecule has 12 heavy (non-hydrogen) atoms. The molecule has 4 heteroatoms. The van der Waals surface area contributed by atoms with Gasteiger partial charge < -0.3 is 10.6 Å². The molecule has 2 N–H and O–H groups in total. The van der Waals surface area contributed by atoms with Crippen LogP contribution in [0.2, 0.25) is 0 Å². The van der Waals surface area contributed by atoms with Crippen molar-refractivity contribution in [3.63, 3.8) is 0 Å². The fourth-order valence-electron chi connectivity index (χ4n) is 1.45. The zero-order chi connectivity index (χ0) is 8.39. The fourth-order valence-corrected chi connectivity index (χ4v) is 1.45. The smallest absolute Gasteiger partial charge is 0.147 e. The predicted octanol–water partition coefficient (Wildman–Crippen LogP) is 0.0140. The molecule has 1 unspecified atom stereocenters. The Morgan fingerprint density at radius 3 is 3.00 bits per heavy atom. The molecule has 0 bridgehead atoms. The lowest BCUT2D eigenvalue weighted by atomic mass is 10.3. The molecule has 1 fully saturated rings. The second-order valence-electron chi connectivity index (χ2n) is 3.06. The summed E-state index contributed by atoms with van der Waals surface area (Å²) in [5.74, 6) is 0.936. The van der Waals surface area contributed by atoms with Gasteiger partial charge in [-0.25, -0.2) is 4.98 Å². The molecule has 1 atom stereocenters. The summed E-state index contributed by atoms with van der Waals surface area (Å²) in [5.41, 5.74) is 5.77. The molecule has 2 rings (SSSR count). The van der Waals surface area contributed by atoms with Gasteiger partial charge in [0.25, 0.3) is 0 Å². The van der Waals surface area contributed by atoms with Gasteiger partial charge in [0, 0.05) is 31.5 Å². The van der Waals surface area contributed by atoms with Crippen molar-refractivity contribution >= 4 is 5.82 Å². The van der Waals surface area contributed by atoms with Crippen molar-refractivity contribution in [2.45, 2.75) is 12.5 Å². The second-order valence-corrected chi connectivity index (χ2v) is 3.06. The fraction of sp³-hybridized carbons (Fsp3) is 0.500. The molecule has 0 aromatic carbocycles. The van der Waals surface area contributed by atoms with Gasteiger partial charge in [-0.1, -0.05) is 0 Å². The molecular weight excluding hydrogens is 152 g/mol. The van der Waals surface area contributed by atoms with Crippen LogP contribution in [0, 0.1) is 0 Å². The summed E-state index contributed by atoms with van der Waals surface area (Å²) in [6, 6.07) is 0.298. The SMILES string of the molecule is NC1CCN(c2cnccn2)C1. The van der Waals surface area contributed by atoms with Crippen molar-refractivity contribution < 1.29 is 0 Å². The molecule has 0 radical (unpaired) electrons. The van der Waals surface area contributed by atoms with Gasteiger partial charge in [-0.15, -0.1) is 0 Å². The minimum atomic E-state index is 0.298. The van der Waals surface area contributed by atoms with Crippen molar-refractivity contribution in [3.8, 4) is 0 Å². The molecule has 1 aromatic rings. The number of nitrogens with zero attached hydrogens (tertiary/aromatic N) is 3. The Kier molecular flexibility index (Phi) is 1.91. The van der Waals surface area contributed by atoms with E-state index in [2.05, 4.69) is 14.9 Å². The lowest BCUT2D eigenvalue weighted by Gasteiger charge is -2.15. The Balaban J connectivity index is 2.11. The molecule has 1 aliphatic heterocycles. The lowest BCUT2D eigenvalue weighted by Crippen LogP contribution is -2.26. The third kappa shape index (κ3) is 1.38. The Bertz CT molecular complexity index is 248. The summed E-state index contributed by atoms with van der Waals surface area (Å²) in [7, 11) is 0. The molecule has 0 spiro atoms. The molecule has 0 aliphatic carbocycles. The summed E-state index contributed by atoms with van der Waals surface area (Å²) in [6.07, 6.45) is 6.22. The summed E-state index contributed by atoms with van der Waals surface area (Å²) in [4.78, 5) is 10.4. The number of aromatic nitrogens is 2. The van der Waals surface area contributed by atoms with E-state index < -0.39 is 0 Å². The van der Waals surface area contributed by atoms with E-state index in [4.69, 9.17) is 5.73 Å². The van der Waals surface area contributed by atoms with Crippen LogP contribution in [-0.2, 0) is 0 Å². The van der Waals surface area contributed by atoms with Crippen molar-refractivity contribution in [2.75, 3.05) is 18.0 Å². The van der Waals surface area contributed by atoms with E-state index in [1.807, 2.05) is 0 Å². The van der Waals surface area contributed by atoms with Crippen LogP contribution < -0.4 is 10.6 Å². The third-order valence-corrected chi connectivity index (χ3v) is 2.10. The third-order valence-electron chi connectivity index (χ3n) is 2.10. The first-order valence-electron chi connectivity index (χ1n) is 4.13. The quantitative estimate of drug-likeness (QED) is 0.635. The summed E-state index contributed by atoms with van der Waals surface area (Å²) < 4.78 is 0. The normalized spacial score (nSPS) is 23.1. The van der Waals surface area contributed by atoms with Crippen molar-refractivity contribution in [2.24, 2.45) is 5.73 Å². The van der Waals surface area contributed by atoms with Crippen LogP contribution in [0.4, 0.5) is 5.82 Å². The molecule has 2 heterocycles. The van der Waals surface area contributed by atoms with Gasteiger partial charge in [0.1, 0.15) is 5.82 Å². The molecular formula is C8H12N4. The first kappa shape index (κ1) is 7.49. The lowest BCUT2D eigenvalue weighted by molar-refractivity contribution is 0.751. The van der Waals surface area contributed by atoms with E-state index in [1.54, 1.807) is 18.6 Å². The van der Waals surface area contributed by atoms with Crippen LogP contribution >= 0.6 is 0 Å². The van der Waals surface area contributed by atoms with Crippen LogP contribution in [0.5, 0.6) is 0 Å². The topological polar surface area (TPSA) is 55.0 Å². The van der Waals surface area contributed by atoms with Crippen LogP contribution in [-0.4, -0.2) is 29.1 Å². The highest BCUT2D eigenvalue weighted by Gasteiger charge is 2.19. The van der Waals surface area contributed by atoms with Gasteiger partial charge in [0.05, 0.1) is 6.20 Å². The Morgan fingerprint density at radius 2 is 2.42 bits per heavy atom. The minimum Gasteiger partial charge on any atom is -0.354 e. The molecule has 0 saturated carbocycles. The average molecular weight is 164 g/mol. The van der Waals surface area contributed by atoms with Crippen molar-refractivity contribution in [1.82, 2.24) is 9.97 Å². The van der Waals surface area contributed by atoms with E-state index in [0.29, 0.717) is 6.04 Å². The molecule has 0 amide bonds. The molecule has 1 aliphatic rings. The Morgan fingerprint density at radius 1 is 1.50 bits per heavy atom. The zero-order valence-corrected chi connectivity index (χ0v) is 6.85. The largest absolute Gasteiger partial charge is 0.354 e. The monoisotopic (exact) mass is 164 g/mol. The minimum absolute atomic E-state index is 0.298. The maximum absolute atomic E-state index is 5.77. The number of anilines is 1. The second kappa shape index (κ2) is 3.06. The van der Waals surface area contributed by atoms with Gasteiger partial charge >= 0.3 is 0 Å². The number of rotatable bonds is 1. The van der Waals surface area contributed by atoms with E-state index in [1.165, 1.54) is 0 Å². The molecule has 4 nitrogen and oxygen atoms in total. The maximum atomic E-state index is 5.77. The first-order chi connectivity index (χ1) is 5.86. The molecule has 1 aromatic heterocycles. The number of hydrogen-bond donors (Lipinski definition) is 1. The van der Waals surface area contributed by atoms with Crippen molar-refractivity contribution in [1.29, 1.82) is 0 Å². The van der Waals surface area contributed by atoms with Gasteiger partial charge in [-0.2, -0.15) is 0 Å². The van der Waals surface area contributed by atoms with Gasteiger partial charge in [0.15, 0.2) is 0 Å². The van der Waals surface area contributed by atoms with E-state index in [9.17, 15) is 0 Å². The van der Waals surface area contributed by atoms with Crippen LogP contribution in [0.25, 0.3) is 0 Å². The van der Waals surface area contributed by atoms with E-state index in [-0.39, 0.29) is 0 Å². The highest BCUT2D eigenvalue weighted by Crippen LogP contribution is 2.14. The van der Waals surface area contributed by atoms with E-state index >= 15 is 0 Å². The number of hydrogen-bond acceptors (Lipinski definition) is 4. The Labute approximate surface area is 71.4 Å². The first-order valence-corrected chi connectivity index (χ1v) is 4.13. The highest BCUT2D eigenvalue weighted by atomic mass is 15.2. The van der Waals surface area contributed by atoms with Gasteiger partial charge in [0.2, 0.25) is 0 Å². The summed E-state index contributed by atoms with van der Waals surface area (Å²) in [6.45, 7) is 1.90. The summed E-state index contributed by atoms with van der Waals surface area (Å²) in [5, 5.41) is 0. The summed E-state index contributed by atoms with van der Waals surface area (Å²) >= 11 is 0. The van der Waals surface area contributed by atoms with Crippen LogP contribution in [0.15, 0.2) is 18.6 Å². The predicted molar refractivity (Wildman–Crippen MR) is 46.8 cm³/mol. The van der Waals surface area contributed by atoms with Crippen LogP contribution in [0.1, 0.15) is 6.42 Å². The molecule has 1 saturated heterocycles. The van der Waals surface area contributed by atoms with Crippen molar-refractivity contribution in [3.05, 3.63) is 18.6 Å². The Hall–Kier alpha value is -1.16. The van der Waals surface area contributed by atoms with E-state index in [0.717, 1.165) is 25.3 Å². The van der Waals surface area contributed by atoms with Gasteiger partial charge in [-0.3, -0.25) is 4.98 Å². The average Bonchev–Trinajstić information content (AvgIpc) is 2.54. The molecule has 64 valence electrons. The van der Waals surface area contributed by atoms with Gasteiger partial charge in [-0.05, 0) is 6.42 Å². The zero-order valence-electron chi connectivity index (χ0n) is 6.85. The highest BCUT2D eigenvalue weighted by molar-refractivity contribution is 5.36. The standard InChI is InChI=1S/C8H12N4/c9-7-1-4-12(6-7)8-5-10-2-3-11-8/h2-3,5,7H,1,4,6,9H2. The maximum Gasteiger partial charge on any atom is 0.147 e. The number of nitrogens with two attached hydrogens (primary N) is 1. The van der Waals surface area contributed by atoms with Crippen LogP contribution in [0.3, 0.4) is 0 Å².